The fraction of sp³-hybridized carbons (Fsp3) is 0.273. The van der Waals surface area contributed by atoms with Crippen molar-refractivity contribution in [3.63, 3.8) is 0 Å². The molecule has 0 radical (unpaired) electrons. The van der Waals surface area contributed by atoms with E-state index >= 15 is 0 Å². The molecular weight excluding hydrogens is 386 g/mol. The zero-order valence-electron chi connectivity index (χ0n) is 15.5. The number of aromatic nitrogens is 2. The minimum absolute atomic E-state index is 0.462. The molecule has 2 aromatic rings. The van der Waals surface area contributed by atoms with Gasteiger partial charge in [-0.05, 0) is 49.0 Å². The molecule has 3 nitrogen and oxygen atoms in total. The Balaban J connectivity index is 2.00. The lowest BCUT2D eigenvalue weighted by Crippen LogP contribution is -2.10. The van der Waals surface area contributed by atoms with Crippen LogP contribution in [-0.4, -0.2) is 15.5 Å². The van der Waals surface area contributed by atoms with Crippen molar-refractivity contribution in [2.24, 2.45) is 4.99 Å². The van der Waals surface area contributed by atoms with Crippen molar-refractivity contribution in [2.75, 3.05) is 0 Å². The van der Waals surface area contributed by atoms with Crippen LogP contribution in [-0.2, 0) is 0 Å². The second-order valence-electron chi connectivity index (χ2n) is 6.65. The van der Waals surface area contributed by atoms with Crippen LogP contribution >= 0.6 is 15.9 Å². The smallest absolute Gasteiger partial charge is 0.0668 e. The highest BCUT2D eigenvalue weighted by atomic mass is 79.9. The molecule has 0 fully saturated rings. The summed E-state index contributed by atoms with van der Waals surface area (Å²) >= 11 is 3.53. The number of hydrogen-bond donors (Lipinski definition) is 0. The van der Waals surface area contributed by atoms with Crippen LogP contribution in [0, 0.1) is 0 Å². The van der Waals surface area contributed by atoms with Gasteiger partial charge >= 0.3 is 0 Å². The molecule has 2 heterocycles. The molecule has 1 aliphatic rings. The molecule has 0 N–H and O–H groups in total. The first-order valence-electron chi connectivity index (χ1n) is 8.94. The van der Waals surface area contributed by atoms with E-state index in [1.165, 1.54) is 11.1 Å². The fourth-order valence-corrected chi connectivity index (χ4v) is 3.36. The second kappa shape index (κ2) is 8.00. The van der Waals surface area contributed by atoms with E-state index in [1.807, 2.05) is 16.9 Å². The third-order valence-electron chi connectivity index (χ3n) is 4.82. The van der Waals surface area contributed by atoms with Crippen LogP contribution in [0.2, 0.25) is 0 Å². The molecule has 0 bridgehead atoms. The van der Waals surface area contributed by atoms with E-state index in [4.69, 9.17) is 4.99 Å². The minimum atomic E-state index is 0.462. The Bertz CT molecular complexity index is 915. The maximum atomic E-state index is 4.89. The molecule has 1 aliphatic heterocycles. The Morgan fingerprint density at radius 2 is 2.15 bits per heavy atom. The van der Waals surface area contributed by atoms with Gasteiger partial charge in [-0.3, -0.25) is 4.99 Å². The summed E-state index contributed by atoms with van der Waals surface area (Å²) in [6.45, 7) is 10.4. The predicted molar refractivity (Wildman–Crippen MR) is 114 cm³/mol. The molecule has 0 spiro atoms. The van der Waals surface area contributed by atoms with Crippen molar-refractivity contribution in [3.8, 4) is 0 Å². The highest BCUT2D eigenvalue weighted by Gasteiger charge is 2.20. The molecule has 3 rings (SSSR count). The van der Waals surface area contributed by atoms with Gasteiger partial charge in [0.05, 0.1) is 23.3 Å². The SMILES string of the molecule is C=C/C(Br)=C\C(=C(\C)CC)n1cc(C2=Nc3ccccc3C(C)C2)cn1. The van der Waals surface area contributed by atoms with Gasteiger partial charge in [0.2, 0.25) is 0 Å². The van der Waals surface area contributed by atoms with Crippen molar-refractivity contribution in [3.05, 3.63) is 76.6 Å². The Hall–Kier alpha value is -2.20. The van der Waals surface area contributed by atoms with Gasteiger partial charge in [0.25, 0.3) is 0 Å². The highest BCUT2D eigenvalue weighted by Crippen LogP contribution is 2.35. The first kappa shape index (κ1) is 18.6. The number of aliphatic imine (C=N–C) groups is 1. The molecule has 0 amide bonds. The average Bonchev–Trinajstić information content (AvgIpc) is 3.15. The number of benzene rings is 1. The number of rotatable bonds is 5. The quantitative estimate of drug-likeness (QED) is 0.510. The molecule has 0 aliphatic carbocycles. The second-order valence-corrected chi connectivity index (χ2v) is 7.56. The van der Waals surface area contributed by atoms with Gasteiger partial charge in [-0.15, -0.1) is 0 Å². The number of halogens is 1. The number of para-hydroxylation sites is 1. The van der Waals surface area contributed by atoms with Crippen LogP contribution in [0.1, 0.15) is 50.7 Å². The van der Waals surface area contributed by atoms with Crippen LogP contribution in [0.4, 0.5) is 5.69 Å². The van der Waals surface area contributed by atoms with Crippen LogP contribution in [0.15, 0.2) is 70.4 Å². The first-order valence-corrected chi connectivity index (χ1v) is 9.74. The van der Waals surface area contributed by atoms with E-state index in [-0.39, 0.29) is 0 Å². The molecule has 1 unspecified atom stereocenters. The normalized spacial score (nSPS) is 18.1. The zero-order chi connectivity index (χ0) is 18.7. The van der Waals surface area contributed by atoms with Gasteiger partial charge in [-0.1, -0.05) is 60.6 Å². The summed E-state index contributed by atoms with van der Waals surface area (Å²) in [5, 5.41) is 4.61. The zero-order valence-corrected chi connectivity index (χ0v) is 17.1. The standard InChI is InChI=1S/C22H24BrN3/c1-5-15(3)22(12-18(23)6-2)26-14-17(13-24-26)21-11-16(4)19-9-7-8-10-20(19)25-21/h6-10,12-14,16H,2,5,11H2,1,3-4H3/b18-12+,22-15+. The number of allylic oxidation sites excluding steroid dienone is 5. The molecule has 4 heteroatoms. The topological polar surface area (TPSA) is 30.2 Å². The third kappa shape index (κ3) is 3.80. The van der Waals surface area contributed by atoms with Crippen molar-refractivity contribution in [1.82, 2.24) is 9.78 Å². The summed E-state index contributed by atoms with van der Waals surface area (Å²) in [5.74, 6) is 0.462. The Kier molecular flexibility index (Phi) is 5.72. The minimum Gasteiger partial charge on any atom is -0.252 e. The summed E-state index contributed by atoms with van der Waals surface area (Å²) in [7, 11) is 0. The summed E-state index contributed by atoms with van der Waals surface area (Å²) in [4.78, 5) is 4.89. The summed E-state index contributed by atoms with van der Waals surface area (Å²) in [5.41, 5.74) is 6.91. The monoisotopic (exact) mass is 409 g/mol. The molecular formula is C22H24BrN3. The Morgan fingerprint density at radius 1 is 1.38 bits per heavy atom. The molecule has 26 heavy (non-hydrogen) atoms. The summed E-state index contributed by atoms with van der Waals surface area (Å²) in [6, 6.07) is 8.39. The average molecular weight is 410 g/mol. The summed E-state index contributed by atoms with van der Waals surface area (Å²) < 4.78 is 2.88. The largest absolute Gasteiger partial charge is 0.252 e. The lowest BCUT2D eigenvalue weighted by atomic mass is 9.89. The predicted octanol–water partition coefficient (Wildman–Crippen LogP) is 6.62. The molecule has 1 aromatic carbocycles. The summed E-state index contributed by atoms with van der Waals surface area (Å²) in [6.07, 6.45) is 9.73. The Labute approximate surface area is 164 Å². The van der Waals surface area contributed by atoms with Crippen molar-refractivity contribution < 1.29 is 0 Å². The van der Waals surface area contributed by atoms with Gasteiger partial charge in [-0.2, -0.15) is 5.10 Å². The lowest BCUT2D eigenvalue weighted by Gasteiger charge is -2.20. The van der Waals surface area contributed by atoms with E-state index in [0.29, 0.717) is 5.92 Å². The highest BCUT2D eigenvalue weighted by molar-refractivity contribution is 9.11. The lowest BCUT2D eigenvalue weighted by molar-refractivity contribution is 0.792. The Morgan fingerprint density at radius 3 is 2.88 bits per heavy atom. The molecule has 0 saturated heterocycles. The van der Waals surface area contributed by atoms with E-state index in [0.717, 1.165) is 40.0 Å². The van der Waals surface area contributed by atoms with Crippen LogP contribution in [0.3, 0.4) is 0 Å². The molecule has 1 atom stereocenters. The van der Waals surface area contributed by atoms with E-state index < -0.39 is 0 Å². The number of hydrogen-bond acceptors (Lipinski definition) is 2. The number of fused-ring (bicyclic) bond motifs is 1. The third-order valence-corrected chi connectivity index (χ3v) is 5.38. The van der Waals surface area contributed by atoms with E-state index in [1.54, 1.807) is 6.08 Å². The first-order chi connectivity index (χ1) is 12.5. The maximum absolute atomic E-state index is 4.89. The maximum Gasteiger partial charge on any atom is 0.0668 e. The van der Waals surface area contributed by atoms with E-state index in [9.17, 15) is 0 Å². The van der Waals surface area contributed by atoms with Gasteiger partial charge in [0, 0.05) is 16.2 Å². The van der Waals surface area contributed by atoms with Gasteiger partial charge in [0.1, 0.15) is 0 Å². The van der Waals surface area contributed by atoms with Gasteiger partial charge in [-0.25, -0.2) is 4.68 Å². The van der Waals surface area contributed by atoms with Crippen LogP contribution in [0.5, 0.6) is 0 Å². The molecule has 1 aromatic heterocycles. The van der Waals surface area contributed by atoms with Gasteiger partial charge < -0.3 is 0 Å². The van der Waals surface area contributed by atoms with Crippen molar-refractivity contribution >= 4 is 33.0 Å². The van der Waals surface area contributed by atoms with E-state index in [2.05, 4.69) is 78.9 Å². The van der Waals surface area contributed by atoms with Crippen molar-refractivity contribution in [1.29, 1.82) is 0 Å². The molecule has 0 saturated carbocycles. The fourth-order valence-electron chi connectivity index (χ4n) is 3.14. The van der Waals surface area contributed by atoms with Gasteiger partial charge in [0.15, 0.2) is 0 Å². The van der Waals surface area contributed by atoms with Crippen LogP contribution < -0.4 is 0 Å². The van der Waals surface area contributed by atoms with Crippen LogP contribution in [0.25, 0.3) is 5.70 Å². The molecule has 134 valence electrons. The number of nitrogens with zero attached hydrogens (tertiary/aromatic N) is 3. The van der Waals surface area contributed by atoms with Crippen molar-refractivity contribution in [2.45, 2.75) is 39.5 Å².